The Morgan fingerprint density at radius 2 is 2.40 bits per heavy atom. The van der Waals surface area contributed by atoms with Gasteiger partial charge in [-0.25, -0.2) is 4.39 Å². The monoisotopic (exact) mass is 342 g/mol. The largest absolute Gasteiger partial charge is 0.494 e. The third kappa shape index (κ3) is 2.86. The van der Waals surface area contributed by atoms with Crippen LogP contribution in [-0.4, -0.2) is 26.1 Å². The Morgan fingerprint density at radius 1 is 1.65 bits per heavy atom. The highest BCUT2D eigenvalue weighted by Crippen LogP contribution is 2.36. The maximum Gasteiger partial charge on any atom is 0.227 e. The summed E-state index contributed by atoms with van der Waals surface area (Å²) >= 11 is 3.10. The molecule has 0 bridgehead atoms. The number of halogens is 2. The predicted molar refractivity (Wildman–Crippen MR) is 75.1 cm³/mol. The van der Waals surface area contributed by atoms with E-state index in [1.807, 2.05) is 0 Å². The summed E-state index contributed by atoms with van der Waals surface area (Å²) in [6.07, 6.45) is 0.303. The van der Waals surface area contributed by atoms with Crippen LogP contribution in [0.4, 0.5) is 10.1 Å². The van der Waals surface area contributed by atoms with Crippen LogP contribution in [0.5, 0.6) is 5.75 Å². The molecular formula is C12H12BrFN4O2. The quantitative estimate of drug-likeness (QED) is 0.478. The Hall–Kier alpha value is -1.79. The normalized spacial score (nSPS) is 18.1. The third-order valence-electron chi connectivity index (χ3n) is 3.12. The second-order valence-electron chi connectivity index (χ2n) is 4.43. The number of anilines is 1. The first-order valence-electron chi connectivity index (χ1n) is 5.91. The fraction of sp³-hybridized carbons (Fsp3) is 0.417. The van der Waals surface area contributed by atoms with E-state index in [-0.39, 0.29) is 22.8 Å². The number of rotatable bonds is 4. The molecule has 20 heavy (non-hydrogen) atoms. The van der Waals surface area contributed by atoms with E-state index in [1.165, 1.54) is 24.1 Å². The van der Waals surface area contributed by atoms with Gasteiger partial charge in [0.15, 0.2) is 0 Å². The van der Waals surface area contributed by atoms with Crippen molar-refractivity contribution in [1.82, 2.24) is 0 Å². The van der Waals surface area contributed by atoms with Crippen molar-refractivity contribution in [2.75, 3.05) is 25.1 Å². The molecule has 8 heteroatoms. The summed E-state index contributed by atoms with van der Waals surface area (Å²) < 4.78 is 18.9. The molecule has 0 radical (unpaired) electrons. The van der Waals surface area contributed by atoms with E-state index in [1.54, 1.807) is 0 Å². The van der Waals surface area contributed by atoms with E-state index in [0.717, 1.165) is 0 Å². The van der Waals surface area contributed by atoms with Gasteiger partial charge >= 0.3 is 0 Å². The van der Waals surface area contributed by atoms with Crippen LogP contribution in [0.2, 0.25) is 0 Å². The average Bonchev–Trinajstić information content (AvgIpc) is 2.80. The standard InChI is InChI=1S/C12H12BrFN4O2/c1-20-11-4-9(14)8(13)3-10(11)18-6-7(2-12(18)19)5-16-17-15/h3-4,7H,2,5-6H2,1H3. The molecule has 1 heterocycles. The summed E-state index contributed by atoms with van der Waals surface area (Å²) in [6, 6.07) is 2.75. The van der Waals surface area contributed by atoms with E-state index < -0.39 is 5.82 Å². The molecule has 1 saturated heterocycles. The van der Waals surface area contributed by atoms with Gasteiger partial charge in [-0.2, -0.15) is 0 Å². The summed E-state index contributed by atoms with van der Waals surface area (Å²) in [7, 11) is 1.42. The minimum absolute atomic E-state index is 0.0352. The van der Waals surface area contributed by atoms with Crippen LogP contribution in [0.3, 0.4) is 0 Å². The molecule has 0 saturated carbocycles. The first-order chi connectivity index (χ1) is 9.56. The van der Waals surface area contributed by atoms with E-state index in [0.29, 0.717) is 24.4 Å². The number of amides is 1. The van der Waals surface area contributed by atoms with Gasteiger partial charge in [0, 0.05) is 30.5 Å². The van der Waals surface area contributed by atoms with Gasteiger partial charge in [0.05, 0.1) is 17.3 Å². The zero-order valence-electron chi connectivity index (χ0n) is 10.7. The molecule has 1 fully saturated rings. The highest BCUT2D eigenvalue weighted by atomic mass is 79.9. The lowest BCUT2D eigenvalue weighted by Crippen LogP contribution is -2.25. The zero-order chi connectivity index (χ0) is 14.7. The molecule has 0 N–H and O–H groups in total. The Labute approximate surface area is 123 Å². The number of carbonyl (C=O) groups is 1. The summed E-state index contributed by atoms with van der Waals surface area (Å²) in [4.78, 5) is 16.3. The molecule has 0 aromatic heterocycles. The number of azide groups is 1. The molecule has 1 aromatic rings. The molecule has 2 rings (SSSR count). The average molecular weight is 343 g/mol. The summed E-state index contributed by atoms with van der Waals surface area (Å²) in [5.74, 6) is -0.293. The summed E-state index contributed by atoms with van der Waals surface area (Å²) in [6.45, 7) is 0.690. The van der Waals surface area contributed by atoms with Gasteiger partial charge in [-0.3, -0.25) is 4.79 Å². The molecule has 1 unspecified atom stereocenters. The van der Waals surface area contributed by atoms with Crippen LogP contribution < -0.4 is 9.64 Å². The lowest BCUT2D eigenvalue weighted by Gasteiger charge is -2.20. The number of nitrogens with zero attached hydrogens (tertiary/aromatic N) is 4. The first kappa shape index (κ1) is 14.6. The van der Waals surface area contributed by atoms with Gasteiger partial charge in [-0.1, -0.05) is 5.11 Å². The number of hydrogen-bond acceptors (Lipinski definition) is 3. The van der Waals surface area contributed by atoms with Crippen molar-refractivity contribution < 1.29 is 13.9 Å². The lowest BCUT2D eigenvalue weighted by molar-refractivity contribution is -0.117. The maximum absolute atomic E-state index is 13.5. The SMILES string of the molecule is COc1cc(F)c(Br)cc1N1CC(CN=[N+]=[N-])CC1=O. The van der Waals surface area contributed by atoms with E-state index in [4.69, 9.17) is 10.3 Å². The van der Waals surface area contributed by atoms with Gasteiger partial charge in [-0.05, 0) is 33.4 Å². The van der Waals surface area contributed by atoms with Gasteiger partial charge in [-0.15, -0.1) is 0 Å². The molecular weight excluding hydrogens is 331 g/mol. The molecule has 0 spiro atoms. The molecule has 1 aliphatic heterocycles. The van der Waals surface area contributed by atoms with E-state index in [9.17, 15) is 9.18 Å². The van der Waals surface area contributed by atoms with Crippen LogP contribution >= 0.6 is 15.9 Å². The Bertz CT molecular complexity index is 589. The predicted octanol–water partition coefficient (Wildman–Crippen LogP) is 3.26. The molecule has 1 atom stereocenters. The van der Waals surface area contributed by atoms with Crippen molar-refractivity contribution in [3.8, 4) is 5.75 Å². The molecule has 0 aliphatic carbocycles. The number of benzene rings is 1. The molecule has 1 amide bonds. The van der Waals surface area contributed by atoms with Crippen LogP contribution in [-0.2, 0) is 4.79 Å². The topological polar surface area (TPSA) is 78.3 Å². The van der Waals surface area contributed by atoms with Crippen molar-refractivity contribution >= 4 is 27.5 Å². The van der Waals surface area contributed by atoms with Crippen molar-refractivity contribution in [1.29, 1.82) is 0 Å². The minimum atomic E-state index is -0.456. The first-order valence-corrected chi connectivity index (χ1v) is 6.70. The van der Waals surface area contributed by atoms with Crippen molar-refractivity contribution in [2.24, 2.45) is 11.0 Å². The number of methoxy groups -OCH3 is 1. The van der Waals surface area contributed by atoms with E-state index in [2.05, 4.69) is 26.0 Å². The number of carbonyl (C=O) groups excluding carboxylic acids is 1. The smallest absolute Gasteiger partial charge is 0.227 e. The zero-order valence-corrected chi connectivity index (χ0v) is 12.3. The van der Waals surface area contributed by atoms with Crippen LogP contribution in [0, 0.1) is 11.7 Å². The van der Waals surface area contributed by atoms with Crippen LogP contribution in [0.1, 0.15) is 6.42 Å². The third-order valence-corrected chi connectivity index (χ3v) is 3.73. The van der Waals surface area contributed by atoms with Gasteiger partial charge in [0.2, 0.25) is 5.91 Å². The molecule has 1 aliphatic rings. The minimum Gasteiger partial charge on any atom is -0.494 e. The fourth-order valence-corrected chi connectivity index (χ4v) is 2.51. The van der Waals surface area contributed by atoms with Crippen molar-refractivity contribution in [3.05, 3.63) is 32.9 Å². The van der Waals surface area contributed by atoms with Gasteiger partial charge in [0.1, 0.15) is 11.6 Å². The second kappa shape index (κ2) is 6.11. The van der Waals surface area contributed by atoms with E-state index >= 15 is 0 Å². The number of ether oxygens (including phenoxy) is 1. The van der Waals surface area contributed by atoms with Gasteiger partial charge in [0.25, 0.3) is 0 Å². The molecule has 106 valence electrons. The van der Waals surface area contributed by atoms with Crippen LogP contribution in [0.15, 0.2) is 21.7 Å². The highest BCUT2D eigenvalue weighted by molar-refractivity contribution is 9.10. The van der Waals surface area contributed by atoms with Crippen molar-refractivity contribution in [2.45, 2.75) is 6.42 Å². The number of hydrogen-bond donors (Lipinski definition) is 0. The Kier molecular flexibility index (Phi) is 4.46. The molecule has 6 nitrogen and oxygen atoms in total. The second-order valence-corrected chi connectivity index (χ2v) is 5.28. The molecule has 1 aromatic carbocycles. The highest BCUT2D eigenvalue weighted by Gasteiger charge is 2.32. The van der Waals surface area contributed by atoms with Crippen LogP contribution in [0.25, 0.3) is 10.4 Å². The lowest BCUT2D eigenvalue weighted by atomic mass is 10.1. The van der Waals surface area contributed by atoms with Gasteiger partial charge < -0.3 is 9.64 Å². The van der Waals surface area contributed by atoms with Crippen molar-refractivity contribution in [3.63, 3.8) is 0 Å². The Morgan fingerprint density at radius 3 is 3.05 bits per heavy atom. The Balaban J connectivity index is 2.29. The maximum atomic E-state index is 13.5. The fourth-order valence-electron chi connectivity index (χ4n) is 2.18. The summed E-state index contributed by atoms with van der Waals surface area (Å²) in [5, 5.41) is 3.49. The summed E-state index contributed by atoms with van der Waals surface area (Å²) in [5.41, 5.74) is 8.82.